The highest BCUT2D eigenvalue weighted by Crippen LogP contribution is 2.18. The third kappa shape index (κ3) is 5.55. The van der Waals surface area contributed by atoms with Gasteiger partial charge in [-0.3, -0.25) is 14.6 Å². The SMILES string of the molecule is COc1ccc(CCNC(=O)c2ccnc(C(=O)NC3CCCCC3)c2)cc1. The number of rotatable bonds is 7. The predicted molar refractivity (Wildman–Crippen MR) is 108 cm³/mol. The molecule has 1 aromatic carbocycles. The molecular weight excluding hydrogens is 354 g/mol. The second kappa shape index (κ2) is 9.88. The summed E-state index contributed by atoms with van der Waals surface area (Å²) in [6.07, 6.45) is 7.78. The van der Waals surface area contributed by atoms with E-state index in [-0.39, 0.29) is 23.6 Å². The first-order valence-corrected chi connectivity index (χ1v) is 9.84. The van der Waals surface area contributed by atoms with Crippen molar-refractivity contribution in [2.75, 3.05) is 13.7 Å². The van der Waals surface area contributed by atoms with Crippen molar-refractivity contribution in [3.8, 4) is 5.75 Å². The van der Waals surface area contributed by atoms with E-state index < -0.39 is 0 Å². The first kappa shape index (κ1) is 19.9. The molecule has 0 radical (unpaired) electrons. The lowest BCUT2D eigenvalue weighted by Gasteiger charge is -2.22. The van der Waals surface area contributed by atoms with Gasteiger partial charge < -0.3 is 15.4 Å². The molecule has 0 bridgehead atoms. The van der Waals surface area contributed by atoms with Crippen molar-refractivity contribution in [3.05, 3.63) is 59.4 Å². The van der Waals surface area contributed by atoms with Crippen LogP contribution in [0, 0.1) is 0 Å². The van der Waals surface area contributed by atoms with E-state index in [0.29, 0.717) is 12.1 Å². The van der Waals surface area contributed by atoms with Gasteiger partial charge in [0.15, 0.2) is 0 Å². The van der Waals surface area contributed by atoms with Gasteiger partial charge in [-0.05, 0) is 49.1 Å². The summed E-state index contributed by atoms with van der Waals surface area (Å²) in [7, 11) is 1.63. The summed E-state index contributed by atoms with van der Waals surface area (Å²) >= 11 is 0. The molecule has 28 heavy (non-hydrogen) atoms. The van der Waals surface area contributed by atoms with Gasteiger partial charge in [0.25, 0.3) is 11.8 Å². The van der Waals surface area contributed by atoms with Crippen LogP contribution in [-0.4, -0.2) is 36.5 Å². The fourth-order valence-electron chi connectivity index (χ4n) is 3.42. The molecule has 2 N–H and O–H groups in total. The van der Waals surface area contributed by atoms with E-state index in [1.807, 2.05) is 24.3 Å². The number of pyridine rings is 1. The van der Waals surface area contributed by atoms with Crippen molar-refractivity contribution in [2.45, 2.75) is 44.6 Å². The van der Waals surface area contributed by atoms with Crippen LogP contribution in [0.15, 0.2) is 42.6 Å². The van der Waals surface area contributed by atoms with Gasteiger partial charge in [-0.15, -0.1) is 0 Å². The maximum atomic E-state index is 12.4. The van der Waals surface area contributed by atoms with Gasteiger partial charge in [0.2, 0.25) is 0 Å². The Morgan fingerprint density at radius 3 is 2.54 bits per heavy atom. The maximum absolute atomic E-state index is 12.4. The average Bonchev–Trinajstić information content (AvgIpc) is 2.75. The smallest absolute Gasteiger partial charge is 0.270 e. The number of ether oxygens (including phenoxy) is 1. The first-order chi connectivity index (χ1) is 13.7. The Balaban J connectivity index is 1.51. The second-order valence-corrected chi connectivity index (χ2v) is 7.09. The molecule has 2 aromatic rings. The lowest BCUT2D eigenvalue weighted by Crippen LogP contribution is -2.36. The molecule has 1 fully saturated rings. The summed E-state index contributed by atoms with van der Waals surface area (Å²) in [6.45, 7) is 0.511. The minimum Gasteiger partial charge on any atom is -0.497 e. The lowest BCUT2D eigenvalue weighted by molar-refractivity contribution is 0.0922. The quantitative estimate of drug-likeness (QED) is 0.772. The number of hydrogen-bond donors (Lipinski definition) is 2. The van der Waals surface area contributed by atoms with Crippen LogP contribution in [0.4, 0.5) is 0 Å². The first-order valence-electron chi connectivity index (χ1n) is 9.84. The van der Waals surface area contributed by atoms with Crippen LogP contribution in [-0.2, 0) is 6.42 Å². The zero-order valence-corrected chi connectivity index (χ0v) is 16.2. The van der Waals surface area contributed by atoms with Crippen molar-refractivity contribution < 1.29 is 14.3 Å². The van der Waals surface area contributed by atoms with Crippen LogP contribution < -0.4 is 15.4 Å². The summed E-state index contributed by atoms with van der Waals surface area (Å²) in [4.78, 5) is 29.0. The Morgan fingerprint density at radius 1 is 1.07 bits per heavy atom. The molecule has 1 aliphatic rings. The molecule has 1 saturated carbocycles. The molecule has 2 amide bonds. The van der Waals surface area contributed by atoms with Crippen LogP contribution in [0.25, 0.3) is 0 Å². The molecule has 0 spiro atoms. The average molecular weight is 381 g/mol. The van der Waals surface area contributed by atoms with Gasteiger partial charge >= 0.3 is 0 Å². The van der Waals surface area contributed by atoms with Gasteiger partial charge in [-0.2, -0.15) is 0 Å². The summed E-state index contributed by atoms with van der Waals surface area (Å²) in [5.74, 6) is 0.394. The van der Waals surface area contributed by atoms with Crippen molar-refractivity contribution in [1.29, 1.82) is 0 Å². The molecule has 1 aromatic heterocycles. The summed E-state index contributed by atoms with van der Waals surface area (Å²) in [5.41, 5.74) is 1.84. The van der Waals surface area contributed by atoms with E-state index >= 15 is 0 Å². The standard InChI is InChI=1S/C22H27N3O3/c1-28-19-9-7-16(8-10-19)11-13-24-21(26)17-12-14-23-20(15-17)22(27)25-18-5-3-2-4-6-18/h7-10,12,14-15,18H,2-6,11,13H2,1H3,(H,24,26)(H,25,27). The monoisotopic (exact) mass is 381 g/mol. The number of carbonyl (C=O) groups excluding carboxylic acids is 2. The number of carbonyl (C=O) groups is 2. The molecule has 1 heterocycles. The topological polar surface area (TPSA) is 80.3 Å². The number of amides is 2. The largest absolute Gasteiger partial charge is 0.497 e. The molecule has 6 heteroatoms. The highest BCUT2D eigenvalue weighted by Gasteiger charge is 2.18. The normalized spacial score (nSPS) is 14.3. The Labute approximate surface area is 165 Å². The van der Waals surface area contributed by atoms with Gasteiger partial charge in [0.1, 0.15) is 11.4 Å². The van der Waals surface area contributed by atoms with Crippen LogP contribution in [0.3, 0.4) is 0 Å². The number of methoxy groups -OCH3 is 1. The highest BCUT2D eigenvalue weighted by atomic mass is 16.5. The van der Waals surface area contributed by atoms with E-state index in [2.05, 4.69) is 15.6 Å². The van der Waals surface area contributed by atoms with E-state index in [1.165, 1.54) is 12.6 Å². The Morgan fingerprint density at radius 2 is 1.82 bits per heavy atom. The molecular formula is C22H27N3O3. The lowest BCUT2D eigenvalue weighted by atomic mass is 9.95. The number of benzene rings is 1. The van der Waals surface area contributed by atoms with Gasteiger partial charge in [-0.1, -0.05) is 31.4 Å². The molecule has 148 valence electrons. The summed E-state index contributed by atoms with van der Waals surface area (Å²) < 4.78 is 5.14. The number of hydrogen-bond acceptors (Lipinski definition) is 4. The van der Waals surface area contributed by atoms with E-state index in [0.717, 1.165) is 43.4 Å². The van der Waals surface area contributed by atoms with Gasteiger partial charge in [-0.25, -0.2) is 0 Å². The number of nitrogens with zero attached hydrogens (tertiary/aromatic N) is 1. The minimum absolute atomic E-state index is 0.206. The minimum atomic E-state index is -0.209. The van der Waals surface area contributed by atoms with Crippen LogP contribution >= 0.6 is 0 Å². The van der Waals surface area contributed by atoms with Crippen molar-refractivity contribution in [1.82, 2.24) is 15.6 Å². The van der Waals surface area contributed by atoms with Crippen LogP contribution in [0.5, 0.6) is 5.75 Å². The number of nitrogens with one attached hydrogen (secondary N) is 2. The molecule has 0 atom stereocenters. The Kier molecular flexibility index (Phi) is 7.00. The fraction of sp³-hybridized carbons (Fsp3) is 0.409. The second-order valence-electron chi connectivity index (χ2n) is 7.09. The summed E-state index contributed by atoms with van der Waals surface area (Å²) in [5, 5.41) is 5.93. The Hall–Kier alpha value is -2.89. The molecule has 6 nitrogen and oxygen atoms in total. The molecule has 1 aliphatic carbocycles. The molecule has 0 aliphatic heterocycles. The zero-order chi connectivity index (χ0) is 19.8. The van der Waals surface area contributed by atoms with Crippen molar-refractivity contribution >= 4 is 11.8 Å². The van der Waals surface area contributed by atoms with Crippen molar-refractivity contribution in [3.63, 3.8) is 0 Å². The third-order valence-electron chi connectivity index (χ3n) is 5.05. The van der Waals surface area contributed by atoms with Crippen LogP contribution in [0.1, 0.15) is 58.5 Å². The fourth-order valence-corrected chi connectivity index (χ4v) is 3.42. The highest BCUT2D eigenvalue weighted by molar-refractivity contribution is 5.98. The molecule has 0 unspecified atom stereocenters. The van der Waals surface area contributed by atoms with E-state index in [9.17, 15) is 9.59 Å². The predicted octanol–water partition coefficient (Wildman–Crippen LogP) is 3.13. The van der Waals surface area contributed by atoms with E-state index in [1.54, 1.807) is 19.2 Å². The molecule has 3 rings (SSSR count). The van der Waals surface area contributed by atoms with Gasteiger partial charge in [0.05, 0.1) is 7.11 Å². The molecule has 0 saturated heterocycles. The Bertz CT molecular complexity index is 799. The van der Waals surface area contributed by atoms with Gasteiger partial charge in [0, 0.05) is 24.3 Å². The zero-order valence-electron chi connectivity index (χ0n) is 16.2. The van der Waals surface area contributed by atoms with Crippen LogP contribution in [0.2, 0.25) is 0 Å². The van der Waals surface area contributed by atoms with Crippen molar-refractivity contribution in [2.24, 2.45) is 0 Å². The van der Waals surface area contributed by atoms with E-state index in [4.69, 9.17) is 4.74 Å². The number of aromatic nitrogens is 1. The maximum Gasteiger partial charge on any atom is 0.270 e. The third-order valence-corrected chi connectivity index (χ3v) is 5.05. The summed E-state index contributed by atoms with van der Waals surface area (Å²) in [6, 6.07) is 11.1.